The highest BCUT2D eigenvalue weighted by molar-refractivity contribution is 5.65. The number of alkyl halides is 1. The minimum atomic E-state index is -0.605. The standard InChI is InChI=1S/C26H33FN4/c1-15(2)22-10-24-25(11-23(22)19-9-16(3)17(4)28-12-19)29-30-26(24)18-5-7-21(8-6-18)31-13-20(27)14-31/h9-12,15,18,20-21,29-30H,4-8,13-14H2,1-3H3/b23-19-. The smallest absolute Gasteiger partial charge is 0.125 e. The van der Waals surface area contributed by atoms with Crippen molar-refractivity contribution in [3.8, 4) is 0 Å². The van der Waals surface area contributed by atoms with E-state index in [0.29, 0.717) is 31.0 Å². The summed E-state index contributed by atoms with van der Waals surface area (Å²) in [5.41, 5.74) is 11.9. The van der Waals surface area contributed by atoms with E-state index in [0.717, 1.165) is 47.5 Å². The Balaban J connectivity index is 1.52. The number of hydrazine groups is 1. The van der Waals surface area contributed by atoms with Crippen LogP contribution in [0.3, 0.4) is 0 Å². The molecule has 3 heterocycles. The molecule has 0 bridgehead atoms. The Kier molecular flexibility index (Phi) is 5.25. The van der Waals surface area contributed by atoms with Crippen molar-refractivity contribution < 1.29 is 4.39 Å². The van der Waals surface area contributed by atoms with Gasteiger partial charge in [0.15, 0.2) is 0 Å². The number of hydrogen-bond acceptors (Lipinski definition) is 4. The molecule has 164 valence electrons. The van der Waals surface area contributed by atoms with Crippen molar-refractivity contribution in [1.82, 2.24) is 15.3 Å². The topological polar surface area (TPSA) is 40.2 Å². The number of pyridine rings is 1. The van der Waals surface area contributed by atoms with E-state index in [2.05, 4.69) is 66.3 Å². The van der Waals surface area contributed by atoms with Crippen LogP contribution in [0.5, 0.6) is 0 Å². The zero-order chi connectivity index (χ0) is 21.7. The van der Waals surface area contributed by atoms with Gasteiger partial charge in [-0.2, -0.15) is 0 Å². The Labute approximate surface area is 183 Å². The lowest BCUT2D eigenvalue weighted by atomic mass is 9.82. The highest BCUT2D eigenvalue weighted by Crippen LogP contribution is 2.35. The van der Waals surface area contributed by atoms with Crippen molar-refractivity contribution in [1.29, 1.82) is 0 Å². The van der Waals surface area contributed by atoms with Gasteiger partial charge in [-0.25, -0.2) is 4.39 Å². The Bertz CT molecular complexity index is 1190. The molecule has 0 atom stereocenters. The number of aromatic nitrogens is 1. The van der Waals surface area contributed by atoms with Gasteiger partial charge in [0.05, 0.1) is 11.0 Å². The number of benzene rings is 1. The first-order valence-corrected chi connectivity index (χ1v) is 11.6. The maximum absolute atomic E-state index is 13.2. The number of aryl methyl sites for hydroxylation is 1. The van der Waals surface area contributed by atoms with Crippen LogP contribution >= 0.6 is 0 Å². The monoisotopic (exact) mass is 420 g/mol. The number of nitrogens with zero attached hydrogens (tertiary/aromatic N) is 2. The second kappa shape index (κ2) is 7.94. The first-order chi connectivity index (χ1) is 14.9. The van der Waals surface area contributed by atoms with E-state index < -0.39 is 6.17 Å². The molecule has 1 saturated carbocycles. The Morgan fingerprint density at radius 2 is 1.81 bits per heavy atom. The van der Waals surface area contributed by atoms with Gasteiger partial charge in [0.1, 0.15) is 6.17 Å². The van der Waals surface area contributed by atoms with Crippen LogP contribution < -0.4 is 21.4 Å². The summed E-state index contributed by atoms with van der Waals surface area (Å²) in [4.78, 5) is 6.82. The number of fused-ring (bicyclic) bond motifs is 1. The zero-order valence-corrected chi connectivity index (χ0v) is 18.8. The first kappa shape index (κ1) is 20.5. The van der Waals surface area contributed by atoms with Crippen molar-refractivity contribution >= 4 is 18.0 Å². The SMILES string of the molecule is C=c1nc/c(=c2/cc3c(cc2C(C)C)=C(C2CCC(N4CC(F)C4)CC2)NN3)cc1C. The molecule has 1 saturated heterocycles. The second-order valence-corrected chi connectivity index (χ2v) is 9.85. The highest BCUT2D eigenvalue weighted by Gasteiger charge is 2.35. The lowest BCUT2D eigenvalue weighted by Gasteiger charge is -2.43. The maximum Gasteiger partial charge on any atom is 0.125 e. The predicted molar refractivity (Wildman–Crippen MR) is 124 cm³/mol. The number of hydrogen-bond donors (Lipinski definition) is 2. The van der Waals surface area contributed by atoms with Crippen LogP contribution in [0, 0.1) is 23.3 Å². The normalized spacial score (nSPS) is 25.1. The summed E-state index contributed by atoms with van der Waals surface area (Å²) in [5, 5.41) is 4.53. The van der Waals surface area contributed by atoms with Crippen LogP contribution in [0.4, 0.5) is 10.1 Å². The maximum atomic E-state index is 13.2. The lowest BCUT2D eigenvalue weighted by molar-refractivity contribution is 0.0109. The molecule has 0 spiro atoms. The van der Waals surface area contributed by atoms with E-state index >= 15 is 0 Å². The molecule has 2 N–H and O–H groups in total. The van der Waals surface area contributed by atoms with Crippen LogP contribution in [0.2, 0.25) is 0 Å². The lowest BCUT2D eigenvalue weighted by Crippen LogP contribution is -2.54. The van der Waals surface area contributed by atoms with E-state index in [4.69, 9.17) is 0 Å². The molecule has 0 unspecified atom stereocenters. The Morgan fingerprint density at radius 3 is 2.45 bits per heavy atom. The van der Waals surface area contributed by atoms with Gasteiger partial charge >= 0.3 is 0 Å². The van der Waals surface area contributed by atoms with Crippen LogP contribution in [-0.4, -0.2) is 35.2 Å². The fourth-order valence-electron chi connectivity index (χ4n) is 5.43. The summed E-state index contributed by atoms with van der Waals surface area (Å²) in [6.07, 6.45) is 5.98. The molecule has 1 aromatic heterocycles. The molecule has 2 fully saturated rings. The van der Waals surface area contributed by atoms with E-state index in [-0.39, 0.29) is 0 Å². The quantitative estimate of drug-likeness (QED) is 0.798. The highest BCUT2D eigenvalue weighted by atomic mass is 19.1. The molecule has 3 aliphatic rings. The third kappa shape index (κ3) is 3.73. The summed E-state index contributed by atoms with van der Waals surface area (Å²) in [5.74, 6) is 0.949. The number of rotatable bonds is 3. The van der Waals surface area contributed by atoms with Crippen molar-refractivity contribution in [2.75, 3.05) is 18.5 Å². The Hall–Kier alpha value is -2.40. The van der Waals surface area contributed by atoms with Crippen molar-refractivity contribution in [3.05, 3.63) is 56.5 Å². The second-order valence-electron chi connectivity index (χ2n) is 9.85. The molecule has 5 rings (SSSR count). The van der Waals surface area contributed by atoms with Crippen molar-refractivity contribution in [3.63, 3.8) is 0 Å². The van der Waals surface area contributed by atoms with E-state index in [1.54, 1.807) is 0 Å². The average Bonchev–Trinajstić information content (AvgIpc) is 3.15. The van der Waals surface area contributed by atoms with Crippen LogP contribution in [0.1, 0.15) is 56.6 Å². The third-order valence-electron chi connectivity index (χ3n) is 7.42. The van der Waals surface area contributed by atoms with Gasteiger partial charge in [-0.15, -0.1) is 0 Å². The molecule has 5 heteroatoms. The third-order valence-corrected chi connectivity index (χ3v) is 7.42. The van der Waals surface area contributed by atoms with Crippen LogP contribution in [0.15, 0.2) is 24.4 Å². The molecular weight excluding hydrogens is 387 g/mol. The summed E-state index contributed by atoms with van der Waals surface area (Å²) in [6, 6.07) is 7.41. The fraction of sp³-hybridized carbons (Fsp3) is 0.500. The van der Waals surface area contributed by atoms with Gasteiger partial charge < -0.3 is 10.9 Å². The van der Waals surface area contributed by atoms with E-state index in [1.165, 1.54) is 21.7 Å². The Morgan fingerprint density at radius 1 is 1.06 bits per heavy atom. The number of anilines is 1. The molecule has 31 heavy (non-hydrogen) atoms. The van der Waals surface area contributed by atoms with E-state index in [1.807, 2.05) is 6.20 Å². The molecular formula is C26H33FN4. The summed E-state index contributed by atoms with van der Waals surface area (Å²) < 4.78 is 13.2. The zero-order valence-electron chi connectivity index (χ0n) is 18.8. The molecule has 0 radical (unpaired) electrons. The van der Waals surface area contributed by atoms with Crippen LogP contribution in [-0.2, 0) is 0 Å². The minimum absolute atomic E-state index is 0.415. The summed E-state index contributed by atoms with van der Waals surface area (Å²) in [7, 11) is 0. The molecule has 4 nitrogen and oxygen atoms in total. The molecule has 2 aromatic rings. The van der Waals surface area contributed by atoms with Gasteiger partial charge in [0.25, 0.3) is 0 Å². The number of likely N-dealkylation sites (tertiary alicyclic amines) is 1. The van der Waals surface area contributed by atoms with Gasteiger partial charge in [-0.05, 0) is 73.1 Å². The molecule has 2 aliphatic heterocycles. The molecule has 1 aliphatic carbocycles. The van der Waals surface area contributed by atoms with Gasteiger partial charge in [0.2, 0.25) is 0 Å². The van der Waals surface area contributed by atoms with Gasteiger partial charge in [-0.3, -0.25) is 9.88 Å². The van der Waals surface area contributed by atoms with E-state index in [9.17, 15) is 4.39 Å². The largest absolute Gasteiger partial charge is 0.304 e. The van der Waals surface area contributed by atoms with Crippen molar-refractivity contribution in [2.24, 2.45) is 5.92 Å². The summed E-state index contributed by atoms with van der Waals surface area (Å²) in [6.45, 7) is 11.9. The average molecular weight is 421 g/mol. The van der Waals surface area contributed by atoms with Crippen LogP contribution in [0.25, 0.3) is 12.3 Å². The fourth-order valence-corrected chi connectivity index (χ4v) is 5.43. The first-order valence-electron chi connectivity index (χ1n) is 11.6. The predicted octanol–water partition coefficient (Wildman–Crippen LogP) is 3.46. The molecule has 0 amide bonds. The number of halogens is 1. The minimum Gasteiger partial charge on any atom is -0.304 e. The van der Waals surface area contributed by atoms with Gasteiger partial charge in [-0.1, -0.05) is 20.4 Å². The van der Waals surface area contributed by atoms with Crippen molar-refractivity contribution in [2.45, 2.75) is 64.6 Å². The summed E-state index contributed by atoms with van der Waals surface area (Å²) >= 11 is 0. The number of nitrogens with one attached hydrogen (secondary N) is 2. The van der Waals surface area contributed by atoms with Gasteiger partial charge in [0, 0.05) is 47.4 Å². The molecule has 1 aromatic carbocycles.